The lowest BCUT2D eigenvalue weighted by molar-refractivity contribution is 0.194. The van der Waals surface area contributed by atoms with Gasteiger partial charge in [-0.15, -0.1) is 11.3 Å². The topological polar surface area (TPSA) is 45.1 Å². The highest BCUT2D eigenvalue weighted by Gasteiger charge is 2.06. The molecule has 0 radical (unpaired) electrons. The molecule has 1 atom stereocenters. The van der Waals surface area contributed by atoms with Crippen molar-refractivity contribution in [1.29, 1.82) is 0 Å². The third-order valence-electron chi connectivity index (χ3n) is 1.74. The summed E-state index contributed by atoms with van der Waals surface area (Å²) in [6, 6.07) is 0. The number of nitrogens with one attached hydrogen (secondary N) is 1. The molecule has 1 unspecified atom stereocenters. The fraction of sp³-hybridized carbons (Fsp3) is 0.700. The van der Waals surface area contributed by atoms with Gasteiger partial charge < -0.3 is 10.4 Å². The van der Waals surface area contributed by atoms with Crippen LogP contribution in [0.4, 0.5) is 0 Å². The fourth-order valence-electron chi connectivity index (χ4n) is 1.05. The zero-order valence-corrected chi connectivity index (χ0v) is 10.8. The van der Waals surface area contributed by atoms with Crippen molar-refractivity contribution in [1.82, 2.24) is 10.3 Å². The first kappa shape index (κ1) is 13.0. The van der Waals surface area contributed by atoms with Crippen LogP contribution < -0.4 is 5.32 Å². The van der Waals surface area contributed by atoms with Gasteiger partial charge in [0.05, 0.1) is 6.10 Å². The fourth-order valence-corrected chi connectivity index (χ4v) is 2.64. The van der Waals surface area contributed by atoms with Gasteiger partial charge in [-0.25, -0.2) is 4.98 Å². The third-order valence-corrected chi connectivity index (χ3v) is 3.85. The molecule has 1 aromatic heterocycles. The van der Waals surface area contributed by atoms with E-state index in [9.17, 15) is 5.11 Å². The highest BCUT2D eigenvalue weighted by molar-refractivity contribution is 8.01. The highest BCUT2D eigenvalue weighted by atomic mass is 32.2. The average Bonchev–Trinajstić information content (AvgIpc) is 2.66. The molecule has 0 saturated heterocycles. The molecular formula is C10H18N2OS2. The Morgan fingerprint density at radius 1 is 1.53 bits per heavy atom. The molecule has 0 aromatic carbocycles. The predicted molar refractivity (Wildman–Crippen MR) is 66.6 cm³/mol. The van der Waals surface area contributed by atoms with Gasteiger partial charge in [-0.1, -0.05) is 25.6 Å². The van der Waals surface area contributed by atoms with Crippen LogP contribution in [-0.4, -0.2) is 35.0 Å². The van der Waals surface area contributed by atoms with E-state index in [0.29, 0.717) is 18.2 Å². The van der Waals surface area contributed by atoms with E-state index >= 15 is 0 Å². The van der Waals surface area contributed by atoms with Gasteiger partial charge in [-0.05, 0) is 12.5 Å². The zero-order valence-electron chi connectivity index (χ0n) is 9.14. The second-order valence-corrected chi connectivity index (χ2v) is 5.98. The lowest BCUT2D eigenvalue weighted by atomic mass is 10.2. The monoisotopic (exact) mass is 246 g/mol. The summed E-state index contributed by atoms with van der Waals surface area (Å²) in [5.74, 6) is 1.34. The molecule has 3 nitrogen and oxygen atoms in total. The van der Waals surface area contributed by atoms with E-state index < -0.39 is 0 Å². The number of thioether (sulfide) groups is 1. The van der Waals surface area contributed by atoms with Crippen molar-refractivity contribution in [2.75, 3.05) is 18.8 Å². The van der Waals surface area contributed by atoms with E-state index in [4.69, 9.17) is 0 Å². The molecule has 0 aliphatic carbocycles. The molecule has 5 heteroatoms. The maximum absolute atomic E-state index is 9.65. The summed E-state index contributed by atoms with van der Waals surface area (Å²) in [5.41, 5.74) is 0. The smallest absolute Gasteiger partial charge is 0.149 e. The van der Waals surface area contributed by atoms with Crippen molar-refractivity contribution in [2.24, 2.45) is 5.92 Å². The maximum atomic E-state index is 9.65. The average molecular weight is 246 g/mol. The van der Waals surface area contributed by atoms with Crippen LogP contribution in [-0.2, 0) is 0 Å². The Kier molecular flexibility index (Phi) is 6.24. The standard InChI is InChI=1S/C10H18N2OS2/c1-8(2)5-11-6-9(13)7-15-10-12-3-4-14-10/h3-4,8-9,11,13H,5-7H2,1-2H3. The number of rotatable bonds is 7. The molecule has 2 N–H and O–H groups in total. The van der Waals surface area contributed by atoms with Gasteiger partial charge in [0.15, 0.2) is 0 Å². The molecule has 0 saturated carbocycles. The second-order valence-electron chi connectivity index (χ2n) is 3.81. The van der Waals surface area contributed by atoms with Gasteiger partial charge in [0, 0.05) is 23.9 Å². The molecule has 0 amide bonds. The summed E-state index contributed by atoms with van der Waals surface area (Å²) in [6.45, 7) is 5.93. The summed E-state index contributed by atoms with van der Waals surface area (Å²) < 4.78 is 1.03. The quantitative estimate of drug-likeness (QED) is 0.721. The zero-order chi connectivity index (χ0) is 11.1. The minimum absolute atomic E-state index is 0.294. The van der Waals surface area contributed by atoms with Gasteiger partial charge >= 0.3 is 0 Å². The molecule has 0 aliphatic rings. The van der Waals surface area contributed by atoms with Gasteiger partial charge in [0.1, 0.15) is 4.34 Å². The summed E-state index contributed by atoms with van der Waals surface area (Å²) in [7, 11) is 0. The molecule has 0 aliphatic heterocycles. The number of nitrogens with zero attached hydrogens (tertiary/aromatic N) is 1. The number of aromatic nitrogens is 1. The van der Waals surface area contributed by atoms with E-state index in [-0.39, 0.29) is 6.10 Å². The SMILES string of the molecule is CC(C)CNCC(O)CSc1nccs1. The lowest BCUT2D eigenvalue weighted by Gasteiger charge is -2.11. The third kappa shape index (κ3) is 6.14. The summed E-state index contributed by atoms with van der Waals surface area (Å²) in [4.78, 5) is 4.15. The summed E-state index contributed by atoms with van der Waals surface area (Å²) in [5, 5.41) is 14.8. The van der Waals surface area contributed by atoms with E-state index in [1.54, 1.807) is 29.3 Å². The first-order valence-electron chi connectivity index (χ1n) is 5.09. The molecule has 1 aromatic rings. The van der Waals surface area contributed by atoms with Crippen molar-refractivity contribution in [3.63, 3.8) is 0 Å². The van der Waals surface area contributed by atoms with Crippen molar-refractivity contribution in [2.45, 2.75) is 24.3 Å². The Labute approximate surface area is 99.3 Å². The van der Waals surface area contributed by atoms with Crippen molar-refractivity contribution in [3.8, 4) is 0 Å². The maximum Gasteiger partial charge on any atom is 0.149 e. The van der Waals surface area contributed by atoms with Gasteiger partial charge in [-0.3, -0.25) is 0 Å². The van der Waals surface area contributed by atoms with Crippen LogP contribution in [0.15, 0.2) is 15.9 Å². The van der Waals surface area contributed by atoms with Crippen molar-refractivity contribution >= 4 is 23.1 Å². The van der Waals surface area contributed by atoms with Gasteiger partial charge in [0.25, 0.3) is 0 Å². The second kappa shape index (κ2) is 7.22. The molecule has 0 bridgehead atoms. The van der Waals surface area contributed by atoms with Crippen molar-refractivity contribution < 1.29 is 5.11 Å². The van der Waals surface area contributed by atoms with Crippen LogP contribution in [0, 0.1) is 5.92 Å². The van der Waals surface area contributed by atoms with Gasteiger partial charge in [-0.2, -0.15) is 0 Å². The molecule has 0 spiro atoms. The minimum Gasteiger partial charge on any atom is -0.391 e. The summed E-state index contributed by atoms with van der Waals surface area (Å²) in [6.07, 6.45) is 1.49. The van der Waals surface area contributed by atoms with Crippen LogP contribution in [0.25, 0.3) is 0 Å². The number of aliphatic hydroxyl groups excluding tert-OH is 1. The first-order valence-corrected chi connectivity index (χ1v) is 6.96. The Bertz CT molecular complexity index is 252. The van der Waals surface area contributed by atoms with Crippen molar-refractivity contribution in [3.05, 3.63) is 11.6 Å². The van der Waals surface area contributed by atoms with Crippen LogP contribution in [0.1, 0.15) is 13.8 Å². The lowest BCUT2D eigenvalue weighted by Crippen LogP contribution is -2.30. The Hall–Kier alpha value is -0.100. The molecular weight excluding hydrogens is 228 g/mol. The first-order chi connectivity index (χ1) is 7.18. The highest BCUT2D eigenvalue weighted by Crippen LogP contribution is 2.20. The van der Waals surface area contributed by atoms with E-state index in [1.807, 2.05) is 5.38 Å². The Morgan fingerprint density at radius 3 is 2.93 bits per heavy atom. The van der Waals surface area contributed by atoms with E-state index in [1.165, 1.54) is 0 Å². The Morgan fingerprint density at radius 2 is 2.33 bits per heavy atom. The minimum atomic E-state index is -0.294. The summed E-state index contributed by atoms with van der Waals surface area (Å²) >= 11 is 3.23. The van der Waals surface area contributed by atoms with E-state index in [2.05, 4.69) is 24.1 Å². The number of hydrogen-bond donors (Lipinski definition) is 2. The van der Waals surface area contributed by atoms with Crippen LogP contribution in [0.2, 0.25) is 0 Å². The van der Waals surface area contributed by atoms with E-state index in [0.717, 1.165) is 10.9 Å². The molecule has 1 rings (SSSR count). The number of thiazole rings is 1. The Balaban J connectivity index is 2.06. The normalized spacial score (nSPS) is 13.3. The molecule has 15 heavy (non-hydrogen) atoms. The number of hydrogen-bond acceptors (Lipinski definition) is 5. The molecule has 86 valence electrons. The predicted octanol–water partition coefficient (Wildman–Crippen LogP) is 1.84. The largest absolute Gasteiger partial charge is 0.391 e. The number of aliphatic hydroxyl groups is 1. The van der Waals surface area contributed by atoms with Crippen LogP contribution in [0.3, 0.4) is 0 Å². The van der Waals surface area contributed by atoms with Crippen LogP contribution in [0.5, 0.6) is 0 Å². The van der Waals surface area contributed by atoms with Crippen LogP contribution >= 0.6 is 23.1 Å². The molecule has 0 fully saturated rings. The van der Waals surface area contributed by atoms with Gasteiger partial charge in [0.2, 0.25) is 0 Å². The molecule has 1 heterocycles.